The van der Waals surface area contributed by atoms with E-state index < -0.39 is 0 Å². The van der Waals surface area contributed by atoms with E-state index in [1.807, 2.05) is 0 Å². The summed E-state index contributed by atoms with van der Waals surface area (Å²) in [6.45, 7) is 4.62. The lowest BCUT2D eigenvalue weighted by atomic mass is 10.5. The molecule has 1 heterocycles. The fourth-order valence-electron chi connectivity index (χ4n) is 0.753. The largest absolute Gasteiger partial charge is 0.364 e. The first kappa shape index (κ1) is 7.88. The Hall–Kier alpha value is -0.220. The minimum absolute atomic E-state index is 0.639. The molecular formula is C6H13N3S. The van der Waals surface area contributed by atoms with Gasteiger partial charge in [0.1, 0.15) is 0 Å². The Morgan fingerprint density at radius 1 is 1.90 bits per heavy atom. The van der Waals surface area contributed by atoms with Crippen molar-refractivity contribution in [2.45, 2.75) is 12.2 Å². The van der Waals surface area contributed by atoms with Crippen molar-refractivity contribution in [3.05, 3.63) is 0 Å². The van der Waals surface area contributed by atoms with Crippen LogP contribution in [0, 0.1) is 0 Å². The average molecular weight is 159 g/mol. The molecule has 0 aromatic heterocycles. The van der Waals surface area contributed by atoms with Crippen LogP contribution in [0.1, 0.15) is 6.92 Å². The lowest BCUT2D eigenvalue weighted by Gasteiger charge is -2.02. The molecule has 4 heteroatoms. The van der Waals surface area contributed by atoms with E-state index in [0.717, 1.165) is 18.3 Å². The predicted molar refractivity (Wildman–Crippen MR) is 46.4 cm³/mol. The highest BCUT2D eigenvalue weighted by Crippen LogP contribution is 2.17. The highest BCUT2D eigenvalue weighted by molar-refractivity contribution is 8.14. The van der Waals surface area contributed by atoms with Crippen molar-refractivity contribution in [1.82, 2.24) is 5.32 Å². The Balaban J connectivity index is 2.17. The maximum atomic E-state index is 5.31. The van der Waals surface area contributed by atoms with Crippen LogP contribution < -0.4 is 11.1 Å². The van der Waals surface area contributed by atoms with Gasteiger partial charge in [-0.05, 0) is 0 Å². The first-order valence-corrected chi connectivity index (χ1v) is 4.36. The van der Waals surface area contributed by atoms with Gasteiger partial charge in [0, 0.05) is 18.3 Å². The lowest BCUT2D eigenvalue weighted by Crippen LogP contribution is -2.26. The van der Waals surface area contributed by atoms with E-state index >= 15 is 0 Å². The predicted octanol–water partition coefficient (Wildman–Crippen LogP) is 0.0260. The van der Waals surface area contributed by atoms with Gasteiger partial charge in [0.2, 0.25) is 0 Å². The van der Waals surface area contributed by atoms with Crippen LogP contribution in [0.5, 0.6) is 0 Å². The topological polar surface area (TPSA) is 50.4 Å². The van der Waals surface area contributed by atoms with Crippen LogP contribution >= 0.6 is 11.8 Å². The molecule has 0 saturated heterocycles. The van der Waals surface area contributed by atoms with Gasteiger partial charge in [0.15, 0.2) is 5.17 Å². The molecule has 0 aromatic carbocycles. The van der Waals surface area contributed by atoms with Crippen LogP contribution in [-0.4, -0.2) is 30.1 Å². The minimum Gasteiger partial charge on any atom is -0.364 e. The third kappa shape index (κ3) is 2.19. The number of aliphatic imine (C=N–C) groups is 1. The molecule has 1 atom stereocenters. The minimum atomic E-state index is 0.639. The van der Waals surface area contributed by atoms with Crippen molar-refractivity contribution in [3.8, 4) is 0 Å². The normalized spacial score (nSPS) is 24.6. The summed E-state index contributed by atoms with van der Waals surface area (Å²) in [6.07, 6.45) is 0. The number of nitrogens with two attached hydrogens (primary N) is 1. The molecule has 1 aliphatic rings. The number of nitrogens with one attached hydrogen (secondary N) is 1. The Labute approximate surface area is 65.5 Å². The molecule has 3 nitrogen and oxygen atoms in total. The van der Waals surface area contributed by atoms with E-state index in [4.69, 9.17) is 5.73 Å². The van der Waals surface area contributed by atoms with Crippen molar-refractivity contribution in [1.29, 1.82) is 0 Å². The maximum Gasteiger partial charge on any atom is 0.156 e. The van der Waals surface area contributed by atoms with Crippen molar-refractivity contribution in [3.63, 3.8) is 0 Å². The molecule has 1 rings (SSSR count). The van der Waals surface area contributed by atoms with Gasteiger partial charge < -0.3 is 11.1 Å². The van der Waals surface area contributed by atoms with Gasteiger partial charge in [-0.2, -0.15) is 0 Å². The van der Waals surface area contributed by atoms with Crippen molar-refractivity contribution in [2.75, 3.05) is 19.6 Å². The third-order valence-electron chi connectivity index (χ3n) is 1.23. The van der Waals surface area contributed by atoms with Crippen LogP contribution in [-0.2, 0) is 0 Å². The highest BCUT2D eigenvalue weighted by Gasteiger charge is 2.13. The summed E-state index contributed by atoms with van der Waals surface area (Å²) in [5.74, 6) is 0. The van der Waals surface area contributed by atoms with Gasteiger partial charge in [0.25, 0.3) is 0 Å². The zero-order chi connectivity index (χ0) is 7.40. The number of thioether (sulfide) groups is 1. The second kappa shape index (κ2) is 3.83. The van der Waals surface area contributed by atoms with E-state index in [1.165, 1.54) is 0 Å². The molecule has 0 radical (unpaired) electrons. The molecule has 58 valence electrons. The van der Waals surface area contributed by atoms with Crippen LogP contribution in [0.2, 0.25) is 0 Å². The van der Waals surface area contributed by atoms with Crippen molar-refractivity contribution >= 4 is 16.9 Å². The zero-order valence-corrected chi connectivity index (χ0v) is 6.95. The molecule has 10 heavy (non-hydrogen) atoms. The quantitative estimate of drug-likeness (QED) is 0.597. The smallest absolute Gasteiger partial charge is 0.156 e. The van der Waals surface area contributed by atoms with Gasteiger partial charge in [-0.25, -0.2) is 0 Å². The second-order valence-corrected chi connectivity index (χ2v) is 3.72. The fourth-order valence-corrected chi connectivity index (χ4v) is 1.62. The third-order valence-corrected chi connectivity index (χ3v) is 2.27. The maximum absolute atomic E-state index is 5.31. The van der Waals surface area contributed by atoms with Crippen LogP contribution in [0.4, 0.5) is 0 Å². The van der Waals surface area contributed by atoms with E-state index in [0.29, 0.717) is 11.8 Å². The number of hydrogen-bond donors (Lipinski definition) is 2. The van der Waals surface area contributed by atoms with Gasteiger partial charge in [-0.1, -0.05) is 18.7 Å². The molecule has 0 aliphatic carbocycles. The number of nitrogens with zero attached hydrogens (tertiary/aromatic N) is 1. The summed E-state index contributed by atoms with van der Waals surface area (Å²) >= 11 is 1.79. The molecule has 0 fully saturated rings. The first-order chi connectivity index (χ1) is 4.83. The Kier molecular flexibility index (Phi) is 3.02. The molecule has 0 bridgehead atoms. The summed E-state index contributed by atoms with van der Waals surface area (Å²) < 4.78 is 0. The van der Waals surface area contributed by atoms with Crippen LogP contribution in [0.3, 0.4) is 0 Å². The van der Waals surface area contributed by atoms with Gasteiger partial charge in [0.05, 0.1) is 6.54 Å². The summed E-state index contributed by atoms with van der Waals surface area (Å²) in [4.78, 5) is 4.27. The molecule has 0 amide bonds. The average Bonchev–Trinajstić information content (AvgIpc) is 2.31. The molecule has 0 aromatic rings. The van der Waals surface area contributed by atoms with Gasteiger partial charge >= 0.3 is 0 Å². The van der Waals surface area contributed by atoms with Crippen LogP contribution in [0.25, 0.3) is 0 Å². The standard InChI is InChI=1S/C6H13N3S/c1-5-4-9-6(10-5)8-3-2-7/h5H,2-4,7H2,1H3,(H,8,9)/t5-/m1/s1. The molecular weight excluding hydrogens is 146 g/mol. The number of rotatable bonds is 2. The van der Waals surface area contributed by atoms with Gasteiger partial charge in [-0.15, -0.1) is 0 Å². The molecule has 1 aliphatic heterocycles. The van der Waals surface area contributed by atoms with E-state index in [2.05, 4.69) is 17.2 Å². The van der Waals surface area contributed by atoms with E-state index in [-0.39, 0.29) is 0 Å². The molecule has 0 saturated carbocycles. The number of amidine groups is 1. The Bertz CT molecular complexity index is 135. The monoisotopic (exact) mass is 159 g/mol. The van der Waals surface area contributed by atoms with E-state index in [9.17, 15) is 0 Å². The highest BCUT2D eigenvalue weighted by atomic mass is 32.2. The van der Waals surface area contributed by atoms with E-state index in [1.54, 1.807) is 11.8 Å². The zero-order valence-electron chi connectivity index (χ0n) is 6.13. The molecule has 0 spiro atoms. The SMILES string of the molecule is C[C@@H]1CN=C(NCCN)S1. The fraction of sp³-hybridized carbons (Fsp3) is 0.833. The summed E-state index contributed by atoms with van der Waals surface area (Å²) in [6, 6.07) is 0. The Morgan fingerprint density at radius 2 is 2.70 bits per heavy atom. The summed E-state index contributed by atoms with van der Waals surface area (Å²) in [7, 11) is 0. The second-order valence-electron chi connectivity index (χ2n) is 2.29. The van der Waals surface area contributed by atoms with Gasteiger partial charge in [-0.3, -0.25) is 4.99 Å². The number of hydrogen-bond acceptors (Lipinski definition) is 4. The lowest BCUT2D eigenvalue weighted by molar-refractivity contribution is 0.879. The molecule has 3 N–H and O–H groups in total. The first-order valence-electron chi connectivity index (χ1n) is 3.48. The summed E-state index contributed by atoms with van der Waals surface area (Å²) in [5.41, 5.74) is 5.31. The van der Waals surface area contributed by atoms with Crippen molar-refractivity contribution in [2.24, 2.45) is 10.7 Å². The Morgan fingerprint density at radius 3 is 3.20 bits per heavy atom. The molecule has 0 unspecified atom stereocenters. The van der Waals surface area contributed by atoms with Crippen LogP contribution in [0.15, 0.2) is 4.99 Å². The van der Waals surface area contributed by atoms with Crippen molar-refractivity contribution < 1.29 is 0 Å². The summed E-state index contributed by atoms with van der Waals surface area (Å²) in [5, 5.41) is 4.84.